The minimum absolute atomic E-state index is 0.0902. The van der Waals surface area contributed by atoms with Gasteiger partial charge in [0.25, 0.3) is 0 Å². The molecule has 4 heteroatoms. The molecule has 0 bridgehead atoms. The number of aliphatic carboxylic acids is 1. The van der Waals surface area contributed by atoms with Gasteiger partial charge in [-0.05, 0) is 23.6 Å². The zero-order valence-electron chi connectivity index (χ0n) is 9.29. The van der Waals surface area contributed by atoms with Crippen molar-refractivity contribution in [1.82, 2.24) is 0 Å². The lowest BCUT2D eigenvalue weighted by Crippen LogP contribution is -2.26. The van der Waals surface area contributed by atoms with E-state index in [0.717, 1.165) is 0 Å². The summed E-state index contributed by atoms with van der Waals surface area (Å²) in [6.07, 6.45) is -1.06. The van der Waals surface area contributed by atoms with Crippen LogP contribution in [0.3, 0.4) is 0 Å². The van der Waals surface area contributed by atoms with Gasteiger partial charge in [-0.1, -0.05) is 26.0 Å². The van der Waals surface area contributed by atoms with Crippen molar-refractivity contribution in [3.63, 3.8) is 0 Å². The number of carbonyl (C=O) groups is 1. The minimum atomic E-state index is -1.06. The Morgan fingerprint density at radius 3 is 2.06 bits per heavy atom. The van der Waals surface area contributed by atoms with Crippen molar-refractivity contribution in [3.05, 3.63) is 29.8 Å². The predicted octanol–water partition coefficient (Wildman–Crippen LogP) is 1.78. The Bertz CT molecular complexity index is 356. The molecular weight excluding hydrogens is 208 g/mol. The van der Waals surface area contributed by atoms with Crippen molar-refractivity contribution in [2.24, 2.45) is 11.8 Å². The molecule has 0 radical (unpaired) electrons. The van der Waals surface area contributed by atoms with E-state index in [0.29, 0.717) is 5.56 Å². The van der Waals surface area contributed by atoms with E-state index in [1.807, 2.05) is 0 Å². The van der Waals surface area contributed by atoms with Crippen LogP contribution in [0.1, 0.15) is 25.5 Å². The van der Waals surface area contributed by atoms with Gasteiger partial charge in [0.1, 0.15) is 5.75 Å². The first-order chi connectivity index (χ1) is 7.43. The number of carboxylic acids is 1. The molecule has 1 aromatic rings. The van der Waals surface area contributed by atoms with Crippen LogP contribution in [-0.4, -0.2) is 21.3 Å². The van der Waals surface area contributed by atoms with Crippen molar-refractivity contribution in [1.29, 1.82) is 0 Å². The summed E-state index contributed by atoms with van der Waals surface area (Å²) in [5, 5.41) is 28.1. The van der Waals surface area contributed by atoms with Gasteiger partial charge in [0.05, 0.1) is 12.0 Å². The maximum Gasteiger partial charge on any atom is 0.309 e. The first-order valence-corrected chi connectivity index (χ1v) is 5.13. The maximum atomic E-state index is 11.0. The fourth-order valence-corrected chi connectivity index (χ4v) is 1.66. The quantitative estimate of drug-likeness (QED) is 0.728. The second-order valence-electron chi connectivity index (χ2n) is 4.14. The molecule has 0 fully saturated rings. The molecule has 0 heterocycles. The van der Waals surface area contributed by atoms with Crippen LogP contribution in [0, 0.1) is 11.8 Å². The van der Waals surface area contributed by atoms with Crippen LogP contribution in [-0.2, 0) is 4.79 Å². The van der Waals surface area contributed by atoms with E-state index in [1.54, 1.807) is 13.8 Å². The molecule has 0 aromatic heterocycles. The highest BCUT2D eigenvalue weighted by Crippen LogP contribution is 2.29. The summed E-state index contributed by atoms with van der Waals surface area (Å²) in [6.45, 7) is 3.50. The molecule has 1 rings (SSSR count). The third kappa shape index (κ3) is 2.73. The van der Waals surface area contributed by atoms with Crippen LogP contribution in [0.5, 0.6) is 5.75 Å². The Morgan fingerprint density at radius 2 is 1.69 bits per heavy atom. The summed E-state index contributed by atoms with van der Waals surface area (Å²) in [6, 6.07) is 5.91. The topological polar surface area (TPSA) is 77.8 Å². The fraction of sp³-hybridized carbons (Fsp3) is 0.417. The summed E-state index contributed by atoms with van der Waals surface area (Å²) >= 11 is 0. The van der Waals surface area contributed by atoms with Crippen LogP contribution >= 0.6 is 0 Å². The van der Waals surface area contributed by atoms with Gasteiger partial charge in [0.15, 0.2) is 0 Å². The highest BCUT2D eigenvalue weighted by Gasteiger charge is 2.30. The van der Waals surface area contributed by atoms with Gasteiger partial charge >= 0.3 is 5.97 Å². The Hall–Kier alpha value is -1.55. The number of benzene rings is 1. The van der Waals surface area contributed by atoms with E-state index in [9.17, 15) is 9.90 Å². The van der Waals surface area contributed by atoms with Crippen molar-refractivity contribution in [3.8, 4) is 5.75 Å². The standard InChI is InChI=1S/C12H16O4/c1-7(2)10(12(15)16)11(14)8-3-5-9(13)6-4-8/h3-7,10-11,13-14H,1-2H3,(H,15,16). The molecule has 16 heavy (non-hydrogen) atoms. The monoisotopic (exact) mass is 224 g/mol. The number of hydrogen-bond acceptors (Lipinski definition) is 3. The normalized spacial score (nSPS) is 14.8. The summed E-state index contributed by atoms with van der Waals surface area (Å²) in [4.78, 5) is 11.0. The lowest BCUT2D eigenvalue weighted by molar-refractivity contribution is -0.148. The smallest absolute Gasteiger partial charge is 0.309 e. The molecule has 2 unspecified atom stereocenters. The second-order valence-corrected chi connectivity index (χ2v) is 4.14. The Morgan fingerprint density at radius 1 is 1.19 bits per heavy atom. The molecule has 0 aliphatic carbocycles. The molecule has 2 atom stereocenters. The van der Waals surface area contributed by atoms with Gasteiger partial charge in [-0.15, -0.1) is 0 Å². The zero-order valence-corrected chi connectivity index (χ0v) is 9.29. The van der Waals surface area contributed by atoms with E-state index in [4.69, 9.17) is 10.2 Å². The molecule has 0 spiro atoms. The average molecular weight is 224 g/mol. The van der Waals surface area contributed by atoms with Crippen molar-refractivity contribution >= 4 is 5.97 Å². The van der Waals surface area contributed by atoms with Gasteiger partial charge in [0, 0.05) is 0 Å². The molecule has 4 nitrogen and oxygen atoms in total. The maximum absolute atomic E-state index is 11.0. The predicted molar refractivity (Wildman–Crippen MR) is 59.0 cm³/mol. The Balaban J connectivity index is 2.94. The molecule has 1 aromatic carbocycles. The van der Waals surface area contributed by atoms with Gasteiger partial charge in [0.2, 0.25) is 0 Å². The molecule has 0 saturated heterocycles. The van der Waals surface area contributed by atoms with E-state index >= 15 is 0 Å². The Labute approximate surface area is 94.2 Å². The number of aromatic hydroxyl groups is 1. The van der Waals surface area contributed by atoms with E-state index in [1.165, 1.54) is 24.3 Å². The van der Waals surface area contributed by atoms with Crippen LogP contribution in [0.4, 0.5) is 0 Å². The number of carboxylic acid groups (broad SMARTS) is 1. The van der Waals surface area contributed by atoms with E-state index in [-0.39, 0.29) is 11.7 Å². The molecule has 0 aliphatic rings. The highest BCUT2D eigenvalue weighted by molar-refractivity contribution is 5.71. The largest absolute Gasteiger partial charge is 0.508 e. The van der Waals surface area contributed by atoms with Crippen LogP contribution in [0.15, 0.2) is 24.3 Å². The summed E-state index contributed by atoms with van der Waals surface area (Å²) in [5.41, 5.74) is 0.499. The third-order valence-corrected chi connectivity index (χ3v) is 2.58. The van der Waals surface area contributed by atoms with Gasteiger partial charge < -0.3 is 15.3 Å². The fourth-order valence-electron chi connectivity index (χ4n) is 1.66. The zero-order chi connectivity index (χ0) is 12.3. The number of phenolic OH excluding ortho intramolecular Hbond substituents is 1. The molecular formula is C12H16O4. The second kappa shape index (κ2) is 4.99. The minimum Gasteiger partial charge on any atom is -0.508 e. The van der Waals surface area contributed by atoms with Crippen molar-refractivity contribution < 1.29 is 20.1 Å². The summed E-state index contributed by atoms with van der Waals surface area (Å²) in [7, 11) is 0. The molecule has 0 saturated carbocycles. The molecule has 0 amide bonds. The SMILES string of the molecule is CC(C)C(C(=O)O)C(O)c1ccc(O)cc1. The number of hydrogen-bond donors (Lipinski definition) is 3. The summed E-state index contributed by atoms with van der Waals surface area (Å²) in [5.74, 6) is -1.94. The average Bonchev–Trinajstić information content (AvgIpc) is 2.17. The number of rotatable bonds is 4. The molecule has 3 N–H and O–H groups in total. The molecule has 0 aliphatic heterocycles. The van der Waals surface area contributed by atoms with Crippen molar-refractivity contribution in [2.75, 3.05) is 0 Å². The molecule has 88 valence electrons. The lowest BCUT2D eigenvalue weighted by atomic mass is 9.86. The van der Waals surface area contributed by atoms with Crippen LogP contribution < -0.4 is 0 Å². The van der Waals surface area contributed by atoms with E-state index < -0.39 is 18.0 Å². The first kappa shape index (κ1) is 12.5. The third-order valence-electron chi connectivity index (χ3n) is 2.58. The van der Waals surface area contributed by atoms with Crippen LogP contribution in [0.25, 0.3) is 0 Å². The summed E-state index contributed by atoms with van der Waals surface area (Å²) < 4.78 is 0. The lowest BCUT2D eigenvalue weighted by Gasteiger charge is -2.22. The number of aliphatic hydroxyl groups is 1. The Kier molecular flexibility index (Phi) is 3.90. The van der Waals surface area contributed by atoms with Gasteiger partial charge in [-0.2, -0.15) is 0 Å². The highest BCUT2D eigenvalue weighted by atomic mass is 16.4. The number of aliphatic hydroxyl groups excluding tert-OH is 1. The van der Waals surface area contributed by atoms with Gasteiger partial charge in [-0.25, -0.2) is 0 Å². The van der Waals surface area contributed by atoms with E-state index in [2.05, 4.69) is 0 Å². The number of phenols is 1. The van der Waals surface area contributed by atoms with Crippen LogP contribution in [0.2, 0.25) is 0 Å². The van der Waals surface area contributed by atoms with Crippen molar-refractivity contribution in [2.45, 2.75) is 20.0 Å². The first-order valence-electron chi connectivity index (χ1n) is 5.13. The van der Waals surface area contributed by atoms with Gasteiger partial charge in [-0.3, -0.25) is 4.79 Å².